The number of primary sulfonamides is 1. The van der Waals surface area contributed by atoms with E-state index >= 15 is 0 Å². The third-order valence-corrected chi connectivity index (χ3v) is 6.13. The van der Waals surface area contributed by atoms with Crippen LogP contribution in [0.1, 0.15) is 5.56 Å². The van der Waals surface area contributed by atoms with Crippen molar-refractivity contribution in [3.63, 3.8) is 0 Å². The zero-order valence-electron chi connectivity index (χ0n) is 19.5. The predicted octanol–water partition coefficient (Wildman–Crippen LogP) is 5.21. The molecule has 0 radical (unpaired) electrons. The molecule has 0 saturated heterocycles. The molecular formula is C28H26N4O3S. The summed E-state index contributed by atoms with van der Waals surface area (Å²) in [6, 6.07) is 31.6. The molecule has 0 aliphatic carbocycles. The Morgan fingerprint density at radius 1 is 0.889 bits per heavy atom. The largest absolute Gasteiger partial charge is 0.454 e. The lowest BCUT2D eigenvalue weighted by Crippen LogP contribution is -2.29. The van der Waals surface area contributed by atoms with Crippen molar-refractivity contribution >= 4 is 27.1 Å². The fourth-order valence-corrected chi connectivity index (χ4v) is 4.33. The summed E-state index contributed by atoms with van der Waals surface area (Å²) in [5, 5.41) is 10.6. The van der Waals surface area contributed by atoms with Crippen LogP contribution in [0.5, 0.6) is 11.5 Å². The number of nitrogens with zero attached hydrogens (tertiary/aromatic N) is 1. The van der Waals surface area contributed by atoms with Gasteiger partial charge in [-0.1, -0.05) is 60.5 Å². The van der Waals surface area contributed by atoms with E-state index in [1.807, 2.05) is 77.8 Å². The van der Waals surface area contributed by atoms with Crippen LogP contribution < -0.4 is 25.6 Å². The molecule has 0 aliphatic rings. The van der Waals surface area contributed by atoms with Crippen molar-refractivity contribution < 1.29 is 13.2 Å². The van der Waals surface area contributed by atoms with Gasteiger partial charge in [0, 0.05) is 0 Å². The normalized spacial score (nSPS) is 10.8. The highest BCUT2D eigenvalue weighted by Gasteiger charge is 2.22. The lowest BCUT2D eigenvalue weighted by molar-refractivity contribution is 0.469. The Bertz CT molecular complexity index is 1440. The van der Waals surface area contributed by atoms with E-state index in [9.17, 15) is 8.42 Å². The van der Waals surface area contributed by atoms with Crippen LogP contribution >= 0.6 is 0 Å². The number of rotatable bonds is 10. The molecule has 0 heterocycles. The molecule has 0 fully saturated rings. The molecule has 0 unspecified atom stereocenters. The molecule has 0 atom stereocenters. The number of para-hydroxylation sites is 3. The van der Waals surface area contributed by atoms with E-state index in [4.69, 9.17) is 16.3 Å². The monoisotopic (exact) mass is 498 g/mol. The molecule has 4 aromatic rings. The van der Waals surface area contributed by atoms with Crippen molar-refractivity contribution in [1.29, 1.82) is 0 Å². The number of hydrogen-bond acceptors (Lipinski definition) is 6. The topological polar surface area (TPSA) is 96.7 Å². The van der Waals surface area contributed by atoms with Gasteiger partial charge in [0.25, 0.3) is 0 Å². The van der Waals surface area contributed by atoms with Gasteiger partial charge in [0.1, 0.15) is 10.6 Å². The summed E-state index contributed by atoms with van der Waals surface area (Å²) in [4.78, 5) is -0.143. The van der Waals surface area contributed by atoms with E-state index in [0.29, 0.717) is 23.5 Å². The molecule has 4 rings (SSSR count). The SMILES string of the molecule is C#CCNc1cc(CN(Nc2ccccc2)c2ccccc2)cc(S(N)(=O)=O)c1Oc1ccccc1. The van der Waals surface area contributed by atoms with Crippen molar-refractivity contribution in [1.82, 2.24) is 0 Å². The molecule has 4 aromatic carbocycles. The minimum absolute atomic E-state index is 0.0879. The molecule has 182 valence electrons. The summed E-state index contributed by atoms with van der Waals surface area (Å²) in [6.07, 6.45) is 5.47. The zero-order chi connectivity index (χ0) is 25.4. The van der Waals surface area contributed by atoms with Gasteiger partial charge in [0.15, 0.2) is 5.75 Å². The highest BCUT2D eigenvalue weighted by molar-refractivity contribution is 7.89. The fourth-order valence-electron chi connectivity index (χ4n) is 3.61. The van der Waals surface area contributed by atoms with Gasteiger partial charge in [-0.3, -0.25) is 10.4 Å². The number of ether oxygens (including phenoxy) is 1. The predicted molar refractivity (Wildman–Crippen MR) is 144 cm³/mol. The number of anilines is 3. The Balaban J connectivity index is 1.78. The van der Waals surface area contributed by atoms with Crippen LogP contribution in [-0.2, 0) is 16.6 Å². The molecule has 0 bridgehead atoms. The number of nitrogens with two attached hydrogens (primary N) is 1. The van der Waals surface area contributed by atoms with Crippen molar-refractivity contribution in [2.24, 2.45) is 5.14 Å². The van der Waals surface area contributed by atoms with Gasteiger partial charge in [-0.05, 0) is 54.1 Å². The van der Waals surface area contributed by atoms with Gasteiger partial charge in [-0.2, -0.15) is 0 Å². The third-order valence-electron chi connectivity index (χ3n) is 5.21. The van der Waals surface area contributed by atoms with Crippen molar-refractivity contribution in [3.8, 4) is 23.8 Å². The first-order valence-corrected chi connectivity index (χ1v) is 12.7. The van der Waals surface area contributed by atoms with Gasteiger partial charge in [0.2, 0.25) is 10.0 Å². The Hall–Kier alpha value is -4.45. The first-order valence-electron chi connectivity index (χ1n) is 11.2. The van der Waals surface area contributed by atoms with Gasteiger partial charge in [-0.25, -0.2) is 13.6 Å². The number of hydrogen-bond donors (Lipinski definition) is 3. The Morgan fingerprint density at radius 3 is 2.11 bits per heavy atom. The fraction of sp³-hybridized carbons (Fsp3) is 0.0714. The average Bonchev–Trinajstić information content (AvgIpc) is 2.89. The summed E-state index contributed by atoms with van der Waals surface area (Å²) in [5.74, 6) is 3.07. The van der Waals surface area contributed by atoms with Crippen LogP contribution in [0.25, 0.3) is 0 Å². The lowest BCUT2D eigenvalue weighted by atomic mass is 10.1. The lowest BCUT2D eigenvalue weighted by Gasteiger charge is -2.27. The summed E-state index contributed by atoms with van der Waals surface area (Å²) in [7, 11) is -4.14. The number of terminal acetylenes is 1. The van der Waals surface area contributed by atoms with Crippen LogP contribution in [-0.4, -0.2) is 15.0 Å². The summed E-state index contributed by atoms with van der Waals surface area (Å²) in [6.45, 7) is 0.487. The van der Waals surface area contributed by atoms with E-state index in [-0.39, 0.29) is 17.2 Å². The summed E-state index contributed by atoms with van der Waals surface area (Å²) < 4.78 is 31.3. The quantitative estimate of drug-likeness (QED) is 0.205. The van der Waals surface area contributed by atoms with E-state index < -0.39 is 10.0 Å². The highest BCUT2D eigenvalue weighted by Crippen LogP contribution is 2.37. The van der Waals surface area contributed by atoms with Crippen molar-refractivity contribution in [2.45, 2.75) is 11.4 Å². The van der Waals surface area contributed by atoms with Gasteiger partial charge in [0.05, 0.1) is 30.2 Å². The number of benzene rings is 4. The molecule has 36 heavy (non-hydrogen) atoms. The minimum Gasteiger partial charge on any atom is -0.454 e. The standard InChI is InChI=1S/C28H26N4O3S/c1-2-18-30-26-19-22(20-27(36(29,33)34)28(26)35-25-16-10-5-11-17-25)21-32(24-14-8-4-9-15-24)31-23-12-6-3-7-13-23/h1,3-17,19-20,30-31H,18,21H2,(H2,29,33,34). The molecule has 8 heteroatoms. The second kappa shape index (κ2) is 11.3. The Morgan fingerprint density at radius 2 is 1.50 bits per heavy atom. The zero-order valence-corrected chi connectivity index (χ0v) is 20.3. The van der Waals surface area contributed by atoms with E-state index in [1.165, 1.54) is 6.07 Å². The third kappa shape index (κ3) is 6.36. The van der Waals surface area contributed by atoms with Crippen LogP contribution in [0, 0.1) is 12.3 Å². The van der Waals surface area contributed by atoms with Gasteiger partial charge >= 0.3 is 0 Å². The van der Waals surface area contributed by atoms with Crippen molar-refractivity contribution in [2.75, 3.05) is 22.3 Å². The maximum Gasteiger partial charge on any atom is 0.241 e. The molecule has 4 N–H and O–H groups in total. The van der Waals surface area contributed by atoms with Crippen LogP contribution in [0.15, 0.2) is 108 Å². The van der Waals surface area contributed by atoms with Crippen LogP contribution in [0.3, 0.4) is 0 Å². The Kier molecular flexibility index (Phi) is 7.75. The highest BCUT2D eigenvalue weighted by atomic mass is 32.2. The first kappa shape index (κ1) is 24.7. The van der Waals surface area contributed by atoms with Crippen molar-refractivity contribution in [3.05, 3.63) is 109 Å². The first-order chi connectivity index (χ1) is 17.4. The van der Waals surface area contributed by atoms with E-state index in [0.717, 1.165) is 11.4 Å². The maximum absolute atomic E-state index is 12.7. The average molecular weight is 499 g/mol. The summed E-state index contributed by atoms with van der Waals surface area (Å²) in [5.41, 5.74) is 6.25. The smallest absolute Gasteiger partial charge is 0.241 e. The number of sulfonamides is 1. The summed E-state index contributed by atoms with van der Waals surface area (Å²) >= 11 is 0. The minimum atomic E-state index is -4.14. The molecule has 0 aliphatic heterocycles. The second-order valence-corrected chi connectivity index (χ2v) is 9.42. The van der Waals surface area contributed by atoms with E-state index in [1.54, 1.807) is 24.3 Å². The molecule has 0 saturated carbocycles. The molecule has 0 spiro atoms. The second-order valence-electron chi connectivity index (χ2n) is 7.89. The molecule has 0 amide bonds. The molecule has 7 nitrogen and oxygen atoms in total. The van der Waals surface area contributed by atoms with Gasteiger partial charge in [-0.15, -0.1) is 6.42 Å². The Labute approximate surface area is 211 Å². The molecular weight excluding hydrogens is 472 g/mol. The number of nitrogens with one attached hydrogen (secondary N) is 2. The van der Waals surface area contributed by atoms with Crippen LogP contribution in [0.4, 0.5) is 17.1 Å². The van der Waals surface area contributed by atoms with Crippen LogP contribution in [0.2, 0.25) is 0 Å². The van der Waals surface area contributed by atoms with Gasteiger partial charge < -0.3 is 10.1 Å². The maximum atomic E-state index is 12.7. The molecule has 0 aromatic heterocycles. The van der Waals surface area contributed by atoms with E-state index in [2.05, 4.69) is 16.7 Å². The number of hydrazine groups is 1.